The zero-order chi connectivity index (χ0) is 7.40. The lowest BCUT2D eigenvalue weighted by atomic mass is 10.0. The Kier molecular flexibility index (Phi) is 2.87. The summed E-state index contributed by atoms with van der Waals surface area (Å²) >= 11 is 0. The van der Waals surface area contributed by atoms with Crippen LogP contribution < -0.4 is 0 Å². The van der Waals surface area contributed by atoms with E-state index in [0.717, 1.165) is 32.5 Å². The molecule has 0 bridgehead atoms. The van der Waals surface area contributed by atoms with Crippen molar-refractivity contribution < 1.29 is 9.53 Å². The van der Waals surface area contributed by atoms with Crippen molar-refractivity contribution in [2.45, 2.75) is 26.2 Å². The van der Waals surface area contributed by atoms with Gasteiger partial charge in [0.05, 0.1) is 0 Å². The summed E-state index contributed by atoms with van der Waals surface area (Å²) in [6.07, 6.45) is 2.90. The third-order valence-corrected chi connectivity index (χ3v) is 1.93. The van der Waals surface area contributed by atoms with Crippen LogP contribution in [0.1, 0.15) is 26.2 Å². The Morgan fingerprint density at radius 1 is 1.70 bits per heavy atom. The molecule has 0 N–H and O–H groups in total. The van der Waals surface area contributed by atoms with E-state index >= 15 is 0 Å². The van der Waals surface area contributed by atoms with Crippen LogP contribution in [0, 0.1) is 5.92 Å². The van der Waals surface area contributed by atoms with E-state index in [2.05, 4.69) is 0 Å². The first kappa shape index (κ1) is 7.73. The molecule has 1 atom stereocenters. The first-order chi connectivity index (χ1) is 4.79. The maximum absolute atomic E-state index is 10.6. The number of rotatable bonds is 3. The zero-order valence-electron chi connectivity index (χ0n) is 6.43. The van der Waals surface area contributed by atoms with Crippen LogP contribution in [-0.2, 0) is 9.53 Å². The van der Waals surface area contributed by atoms with Gasteiger partial charge in [0.2, 0.25) is 0 Å². The van der Waals surface area contributed by atoms with E-state index in [9.17, 15) is 4.79 Å². The molecular weight excluding hydrogens is 128 g/mol. The van der Waals surface area contributed by atoms with Gasteiger partial charge in [0.15, 0.2) is 0 Å². The third kappa shape index (κ3) is 2.48. The summed E-state index contributed by atoms with van der Waals surface area (Å²) in [5.41, 5.74) is 0. The first-order valence-corrected chi connectivity index (χ1v) is 3.86. The molecule has 0 aliphatic carbocycles. The number of ether oxygens (including phenoxy) is 1. The lowest BCUT2D eigenvalue weighted by Crippen LogP contribution is -2.01. The second kappa shape index (κ2) is 3.71. The van der Waals surface area contributed by atoms with Crippen LogP contribution in [0.2, 0.25) is 0 Å². The molecule has 2 nitrogen and oxygen atoms in total. The first-order valence-electron chi connectivity index (χ1n) is 3.86. The lowest BCUT2D eigenvalue weighted by Gasteiger charge is -2.03. The lowest BCUT2D eigenvalue weighted by molar-refractivity contribution is -0.117. The molecule has 1 saturated heterocycles. The number of carbonyl (C=O) groups is 1. The van der Waals surface area contributed by atoms with Gasteiger partial charge in [-0.15, -0.1) is 0 Å². The maximum Gasteiger partial charge on any atom is 0.129 e. The third-order valence-electron chi connectivity index (χ3n) is 1.93. The monoisotopic (exact) mass is 142 g/mol. The molecule has 1 aliphatic rings. The van der Waals surface area contributed by atoms with Crippen molar-refractivity contribution in [2.24, 2.45) is 5.92 Å². The van der Waals surface area contributed by atoms with Crippen molar-refractivity contribution in [3.8, 4) is 0 Å². The van der Waals surface area contributed by atoms with Gasteiger partial charge in [0.25, 0.3) is 0 Å². The van der Waals surface area contributed by atoms with Crippen LogP contribution in [0.15, 0.2) is 0 Å². The van der Waals surface area contributed by atoms with Crippen molar-refractivity contribution >= 4 is 5.78 Å². The molecule has 0 radical (unpaired) electrons. The minimum absolute atomic E-state index is 0.298. The number of hydrogen-bond donors (Lipinski definition) is 0. The zero-order valence-corrected chi connectivity index (χ0v) is 6.43. The fourth-order valence-electron chi connectivity index (χ4n) is 1.22. The van der Waals surface area contributed by atoms with Gasteiger partial charge in [-0.2, -0.15) is 0 Å². The van der Waals surface area contributed by atoms with Crippen LogP contribution in [0.4, 0.5) is 0 Å². The van der Waals surface area contributed by atoms with Crippen molar-refractivity contribution in [3.05, 3.63) is 0 Å². The Hall–Kier alpha value is -0.370. The van der Waals surface area contributed by atoms with Gasteiger partial charge in [0.1, 0.15) is 5.78 Å². The van der Waals surface area contributed by atoms with Crippen molar-refractivity contribution in [1.29, 1.82) is 0 Å². The predicted octanol–water partition coefficient (Wildman–Crippen LogP) is 1.39. The van der Waals surface area contributed by atoms with E-state index in [-0.39, 0.29) is 0 Å². The van der Waals surface area contributed by atoms with E-state index < -0.39 is 0 Å². The number of carbonyl (C=O) groups excluding carboxylic acids is 1. The summed E-state index contributed by atoms with van der Waals surface area (Å²) in [5, 5.41) is 0. The van der Waals surface area contributed by atoms with Crippen LogP contribution in [0.25, 0.3) is 0 Å². The SMILES string of the molecule is CC(=O)CCC1CCOC1. The molecule has 0 aromatic heterocycles. The summed E-state index contributed by atoms with van der Waals surface area (Å²) in [6, 6.07) is 0. The predicted molar refractivity (Wildman–Crippen MR) is 38.8 cm³/mol. The Balaban J connectivity index is 2.07. The van der Waals surface area contributed by atoms with E-state index in [1.807, 2.05) is 0 Å². The molecular formula is C8H14O2. The van der Waals surface area contributed by atoms with E-state index in [1.54, 1.807) is 6.92 Å². The molecule has 1 rings (SSSR count). The Labute approximate surface area is 61.6 Å². The Morgan fingerprint density at radius 2 is 2.50 bits per heavy atom. The molecule has 0 aromatic carbocycles. The molecule has 1 unspecified atom stereocenters. The average Bonchev–Trinajstić information content (AvgIpc) is 2.34. The fourth-order valence-corrected chi connectivity index (χ4v) is 1.22. The van der Waals surface area contributed by atoms with Crippen molar-refractivity contribution in [1.82, 2.24) is 0 Å². The standard InChI is InChI=1S/C8H14O2/c1-7(9)2-3-8-4-5-10-6-8/h8H,2-6H2,1H3. The van der Waals surface area contributed by atoms with Crippen molar-refractivity contribution in [2.75, 3.05) is 13.2 Å². The number of ketones is 1. The highest BCUT2D eigenvalue weighted by Gasteiger charge is 2.15. The van der Waals surface area contributed by atoms with E-state index in [4.69, 9.17) is 4.74 Å². The topological polar surface area (TPSA) is 26.3 Å². The maximum atomic E-state index is 10.6. The summed E-state index contributed by atoms with van der Waals surface area (Å²) in [5.74, 6) is 0.954. The van der Waals surface area contributed by atoms with Gasteiger partial charge >= 0.3 is 0 Å². The Morgan fingerprint density at radius 3 is 3.00 bits per heavy atom. The van der Waals surface area contributed by atoms with Gasteiger partial charge in [-0.3, -0.25) is 0 Å². The van der Waals surface area contributed by atoms with Crippen LogP contribution in [0.3, 0.4) is 0 Å². The van der Waals surface area contributed by atoms with Crippen LogP contribution in [0.5, 0.6) is 0 Å². The molecule has 2 heteroatoms. The van der Waals surface area contributed by atoms with Crippen LogP contribution in [-0.4, -0.2) is 19.0 Å². The van der Waals surface area contributed by atoms with Gasteiger partial charge < -0.3 is 9.53 Å². The van der Waals surface area contributed by atoms with Gasteiger partial charge in [-0.25, -0.2) is 0 Å². The van der Waals surface area contributed by atoms with Crippen LogP contribution >= 0.6 is 0 Å². The second-order valence-electron chi connectivity index (χ2n) is 2.97. The Bertz CT molecular complexity index is 114. The summed E-state index contributed by atoms with van der Waals surface area (Å²) < 4.78 is 5.18. The highest BCUT2D eigenvalue weighted by molar-refractivity contribution is 5.75. The number of hydrogen-bond acceptors (Lipinski definition) is 2. The molecule has 10 heavy (non-hydrogen) atoms. The normalized spacial score (nSPS) is 25.1. The molecule has 58 valence electrons. The van der Waals surface area contributed by atoms with E-state index in [0.29, 0.717) is 11.7 Å². The smallest absolute Gasteiger partial charge is 0.129 e. The summed E-state index contributed by atoms with van der Waals surface area (Å²) in [6.45, 7) is 3.41. The quantitative estimate of drug-likeness (QED) is 0.595. The molecule has 1 heterocycles. The molecule has 1 fully saturated rings. The fraction of sp³-hybridized carbons (Fsp3) is 0.875. The van der Waals surface area contributed by atoms with Gasteiger partial charge in [-0.1, -0.05) is 0 Å². The molecule has 0 amide bonds. The summed E-state index contributed by atoms with van der Waals surface area (Å²) in [4.78, 5) is 10.6. The minimum Gasteiger partial charge on any atom is -0.381 e. The molecule has 0 saturated carbocycles. The van der Waals surface area contributed by atoms with Gasteiger partial charge in [0, 0.05) is 19.6 Å². The molecule has 1 aliphatic heterocycles. The second-order valence-corrected chi connectivity index (χ2v) is 2.97. The average molecular weight is 142 g/mol. The largest absolute Gasteiger partial charge is 0.381 e. The minimum atomic E-state index is 0.298. The molecule has 0 spiro atoms. The highest BCUT2D eigenvalue weighted by atomic mass is 16.5. The van der Waals surface area contributed by atoms with Gasteiger partial charge in [-0.05, 0) is 25.7 Å². The van der Waals surface area contributed by atoms with E-state index in [1.165, 1.54) is 0 Å². The molecule has 0 aromatic rings. The number of Topliss-reactive ketones (excluding diaryl/α,β-unsaturated/α-hetero) is 1. The van der Waals surface area contributed by atoms with Crippen molar-refractivity contribution in [3.63, 3.8) is 0 Å². The summed E-state index contributed by atoms with van der Waals surface area (Å²) in [7, 11) is 0. The highest BCUT2D eigenvalue weighted by Crippen LogP contribution is 2.17.